The van der Waals surface area contributed by atoms with Gasteiger partial charge in [-0.15, -0.1) is 0 Å². The molecule has 0 aliphatic carbocycles. The first kappa shape index (κ1) is 17.1. The average Bonchev–Trinajstić information content (AvgIpc) is 2.54. The van der Waals surface area contributed by atoms with Crippen LogP contribution >= 0.6 is 0 Å². The van der Waals surface area contributed by atoms with Crippen molar-refractivity contribution >= 4 is 6.16 Å². The number of carbonyl (C=O) groups excluding carboxylic acids is 1. The maximum Gasteiger partial charge on any atom is 0.519 e. The largest absolute Gasteiger partial charge is 0.519 e. The van der Waals surface area contributed by atoms with Crippen molar-refractivity contribution in [3.05, 3.63) is 58.7 Å². The Bertz CT molecular complexity index is 689. The van der Waals surface area contributed by atoms with E-state index in [4.69, 9.17) is 9.47 Å². The molecule has 0 heterocycles. The molecule has 0 aliphatic rings. The lowest BCUT2D eigenvalue weighted by atomic mass is 10.0. The molecule has 0 aromatic heterocycles. The molecular formula is C20H24O3. The van der Waals surface area contributed by atoms with Crippen LogP contribution in [0.2, 0.25) is 0 Å². The molecule has 23 heavy (non-hydrogen) atoms. The zero-order valence-electron chi connectivity index (χ0n) is 14.3. The molecule has 3 nitrogen and oxygen atoms in total. The van der Waals surface area contributed by atoms with Crippen molar-refractivity contribution < 1.29 is 14.3 Å². The van der Waals surface area contributed by atoms with Gasteiger partial charge in [0.2, 0.25) is 0 Å². The van der Waals surface area contributed by atoms with Gasteiger partial charge < -0.3 is 9.47 Å². The standard InChI is InChI=1S/C20H24O3/c1-5-6-9-17-10-7-8-11-19(17)23-20(21)22-18-13-12-14(2)15(3)16(18)4/h7-8,10-13H,5-6,9H2,1-4H3. The maximum atomic E-state index is 12.1. The minimum atomic E-state index is -0.694. The number of hydrogen-bond donors (Lipinski definition) is 0. The van der Waals surface area contributed by atoms with Crippen LogP contribution in [0.15, 0.2) is 36.4 Å². The van der Waals surface area contributed by atoms with Gasteiger partial charge in [-0.1, -0.05) is 37.6 Å². The lowest BCUT2D eigenvalue weighted by Gasteiger charge is -2.13. The summed E-state index contributed by atoms with van der Waals surface area (Å²) in [5.74, 6) is 1.12. The highest BCUT2D eigenvalue weighted by Gasteiger charge is 2.13. The van der Waals surface area contributed by atoms with Crippen LogP contribution in [-0.4, -0.2) is 6.16 Å². The first-order valence-corrected chi connectivity index (χ1v) is 8.07. The van der Waals surface area contributed by atoms with E-state index in [1.807, 2.05) is 51.1 Å². The molecule has 3 heteroatoms. The molecule has 0 bridgehead atoms. The molecule has 0 saturated carbocycles. The van der Waals surface area contributed by atoms with E-state index in [2.05, 4.69) is 6.92 Å². The Labute approximate surface area is 138 Å². The normalized spacial score (nSPS) is 10.4. The summed E-state index contributed by atoms with van der Waals surface area (Å²) in [7, 11) is 0. The Morgan fingerprint density at radius 3 is 2.35 bits per heavy atom. The second-order valence-corrected chi connectivity index (χ2v) is 5.80. The van der Waals surface area contributed by atoms with Crippen molar-refractivity contribution in [1.82, 2.24) is 0 Å². The zero-order valence-corrected chi connectivity index (χ0v) is 14.3. The highest BCUT2D eigenvalue weighted by molar-refractivity contribution is 5.68. The number of carbonyl (C=O) groups is 1. The van der Waals surface area contributed by atoms with E-state index in [0.717, 1.165) is 36.0 Å². The summed E-state index contributed by atoms with van der Waals surface area (Å²) >= 11 is 0. The van der Waals surface area contributed by atoms with Gasteiger partial charge in [-0.2, -0.15) is 0 Å². The Kier molecular flexibility index (Phi) is 5.80. The summed E-state index contributed by atoms with van der Waals surface area (Å²) < 4.78 is 10.8. The SMILES string of the molecule is CCCCc1ccccc1OC(=O)Oc1ccc(C)c(C)c1C. The lowest BCUT2D eigenvalue weighted by Crippen LogP contribution is -2.15. The van der Waals surface area contributed by atoms with Crippen LogP contribution in [0, 0.1) is 20.8 Å². The average molecular weight is 312 g/mol. The highest BCUT2D eigenvalue weighted by atomic mass is 16.7. The van der Waals surface area contributed by atoms with Crippen molar-refractivity contribution in [2.45, 2.75) is 47.0 Å². The van der Waals surface area contributed by atoms with Crippen molar-refractivity contribution in [2.24, 2.45) is 0 Å². The summed E-state index contributed by atoms with van der Waals surface area (Å²) in [5, 5.41) is 0. The predicted octanol–water partition coefficient (Wildman–Crippen LogP) is 5.53. The van der Waals surface area contributed by atoms with Gasteiger partial charge in [0, 0.05) is 0 Å². The molecule has 0 N–H and O–H groups in total. The van der Waals surface area contributed by atoms with E-state index in [9.17, 15) is 4.79 Å². The van der Waals surface area contributed by atoms with Gasteiger partial charge in [0.15, 0.2) is 0 Å². The van der Waals surface area contributed by atoms with Crippen LogP contribution < -0.4 is 9.47 Å². The van der Waals surface area contributed by atoms with Crippen LogP contribution in [0.25, 0.3) is 0 Å². The Morgan fingerprint density at radius 2 is 1.61 bits per heavy atom. The van der Waals surface area contributed by atoms with Gasteiger partial charge >= 0.3 is 6.16 Å². The predicted molar refractivity (Wildman–Crippen MR) is 92.4 cm³/mol. The number of unbranched alkanes of at least 4 members (excludes halogenated alkanes) is 1. The number of para-hydroxylation sites is 1. The molecule has 2 aromatic carbocycles. The number of benzene rings is 2. The minimum absolute atomic E-state index is 0.545. The Hall–Kier alpha value is -2.29. The van der Waals surface area contributed by atoms with Crippen molar-refractivity contribution in [3.63, 3.8) is 0 Å². The summed E-state index contributed by atoms with van der Waals surface area (Å²) in [6, 6.07) is 11.4. The molecule has 0 unspecified atom stereocenters. The molecule has 0 saturated heterocycles. The molecule has 2 rings (SSSR count). The molecule has 0 amide bonds. The van der Waals surface area contributed by atoms with Crippen LogP contribution in [0.4, 0.5) is 4.79 Å². The molecule has 0 spiro atoms. The van der Waals surface area contributed by atoms with E-state index < -0.39 is 6.16 Å². The minimum Gasteiger partial charge on any atom is -0.394 e. The molecule has 0 atom stereocenters. The molecular weight excluding hydrogens is 288 g/mol. The van der Waals surface area contributed by atoms with Gasteiger partial charge in [0.25, 0.3) is 0 Å². The maximum absolute atomic E-state index is 12.1. The lowest BCUT2D eigenvalue weighted by molar-refractivity contribution is 0.151. The molecule has 122 valence electrons. The van der Waals surface area contributed by atoms with Gasteiger partial charge in [-0.3, -0.25) is 0 Å². The molecule has 2 aromatic rings. The Morgan fingerprint density at radius 1 is 0.913 bits per heavy atom. The number of rotatable bonds is 5. The zero-order chi connectivity index (χ0) is 16.8. The molecule has 0 aliphatic heterocycles. The van der Waals surface area contributed by atoms with Crippen molar-refractivity contribution in [3.8, 4) is 11.5 Å². The first-order valence-electron chi connectivity index (χ1n) is 8.07. The smallest absolute Gasteiger partial charge is 0.394 e. The van der Waals surface area contributed by atoms with Crippen molar-refractivity contribution in [1.29, 1.82) is 0 Å². The fraction of sp³-hybridized carbons (Fsp3) is 0.350. The van der Waals surface area contributed by atoms with Crippen molar-refractivity contribution in [2.75, 3.05) is 0 Å². The van der Waals surface area contributed by atoms with Gasteiger partial charge in [0.05, 0.1) is 0 Å². The third kappa shape index (κ3) is 4.35. The topological polar surface area (TPSA) is 35.5 Å². The van der Waals surface area contributed by atoms with Crippen LogP contribution in [0.3, 0.4) is 0 Å². The van der Waals surface area contributed by atoms with E-state index in [1.54, 1.807) is 6.07 Å². The summed E-state index contributed by atoms with van der Waals surface area (Å²) in [4.78, 5) is 12.1. The first-order chi connectivity index (χ1) is 11.0. The van der Waals surface area contributed by atoms with E-state index in [-0.39, 0.29) is 0 Å². The Balaban J connectivity index is 2.10. The second-order valence-electron chi connectivity index (χ2n) is 5.80. The molecule has 0 fully saturated rings. The van der Waals surface area contributed by atoms with Gasteiger partial charge in [-0.25, -0.2) is 4.79 Å². The van der Waals surface area contributed by atoms with Gasteiger partial charge in [0.1, 0.15) is 11.5 Å². The van der Waals surface area contributed by atoms with Crippen LogP contribution in [-0.2, 0) is 6.42 Å². The number of aryl methyl sites for hydroxylation is 2. The van der Waals surface area contributed by atoms with Gasteiger partial charge in [-0.05, 0) is 68.0 Å². The third-order valence-corrected chi connectivity index (χ3v) is 4.17. The summed E-state index contributed by atoms with van der Waals surface area (Å²) in [5.41, 5.74) is 4.29. The fourth-order valence-corrected chi connectivity index (χ4v) is 2.42. The third-order valence-electron chi connectivity index (χ3n) is 4.17. The van der Waals surface area contributed by atoms with Crippen LogP contribution in [0.5, 0.6) is 11.5 Å². The number of hydrogen-bond acceptors (Lipinski definition) is 3. The monoisotopic (exact) mass is 312 g/mol. The highest BCUT2D eigenvalue weighted by Crippen LogP contribution is 2.25. The summed E-state index contributed by atoms with van der Waals surface area (Å²) in [6.07, 6.45) is 2.36. The quantitative estimate of drug-likeness (QED) is 0.537. The summed E-state index contributed by atoms with van der Waals surface area (Å²) in [6.45, 7) is 8.14. The van der Waals surface area contributed by atoms with Crippen LogP contribution in [0.1, 0.15) is 42.0 Å². The molecule has 0 radical (unpaired) electrons. The second kappa shape index (κ2) is 7.82. The van der Waals surface area contributed by atoms with E-state index in [0.29, 0.717) is 11.5 Å². The number of ether oxygens (including phenoxy) is 2. The van der Waals surface area contributed by atoms with E-state index in [1.165, 1.54) is 5.56 Å². The fourth-order valence-electron chi connectivity index (χ4n) is 2.42. The van der Waals surface area contributed by atoms with E-state index >= 15 is 0 Å².